The maximum Gasteiger partial charge on any atom is 0.354 e. The lowest BCUT2D eigenvalue weighted by atomic mass is 10.2. The van der Waals surface area contributed by atoms with Crippen molar-refractivity contribution in [3.8, 4) is 0 Å². The fourth-order valence-corrected chi connectivity index (χ4v) is 1.75. The van der Waals surface area contributed by atoms with Crippen molar-refractivity contribution >= 4 is 5.97 Å². The van der Waals surface area contributed by atoms with Gasteiger partial charge in [0.05, 0.1) is 13.2 Å². The summed E-state index contributed by atoms with van der Waals surface area (Å²) in [6.07, 6.45) is 1.73. The van der Waals surface area contributed by atoms with E-state index in [4.69, 9.17) is 4.74 Å². The number of hydrogen-bond donors (Lipinski definition) is 0. The molecule has 1 aromatic carbocycles. The predicted octanol–water partition coefficient (Wildman–Crippen LogP) is 2.85. The van der Waals surface area contributed by atoms with Crippen LogP contribution in [0.1, 0.15) is 23.0 Å². The summed E-state index contributed by atoms with van der Waals surface area (Å²) >= 11 is 0. The molecule has 0 aliphatic rings. The quantitative estimate of drug-likeness (QED) is 0.778. The summed E-state index contributed by atoms with van der Waals surface area (Å²) in [5.41, 5.74) is 0.972. The number of esters is 1. The summed E-state index contributed by atoms with van der Waals surface area (Å²) < 4.78 is 20.2. The molecule has 2 aromatic rings. The van der Waals surface area contributed by atoms with Crippen LogP contribution in [0.25, 0.3) is 0 Å². The lowest BCUT2D eigenvalue weighted by Gasteiger charge is -2.09. The van der Waals surface area contributed by atoms with Crippen LogP contribution < -0.4 is 0 Å². The van der Waals surface area contributed by atoms with Crippen molar-refractivity contribution in [3.63, 3.8) is 0 Å². The molecular weight excluding hydrogens is 233 g/mol. The number of hydrogen-bond acceptors (Lipinski definition) is 2. The van der Waals surface area contributed by atoms with Gasteiger partial charge in [0.2, 0.25) is 0 Å². The molecule has 0 atom stereocenters. The Labute approximate surface area is 105 Å². The van der Waals surface area contributed by atoms with Crippen LogP contribution in [0.15, 0.2) is 42.6 Å². The maximum atomic E-state index is 13.5. The molecule has 0 aliphatic heterocycles. The monoisotopic (exact) mass is 247 g/mol. The Balaban J connectivity index is 2.23. The van der Waals surface area contributed by atoms with Gasteiger partial charge in [0.1, 0.15) is 11.5 Å². The zero-order valence-corrected chi connectivity index (χ0v) is 10.1. The smallest absolute Gasteiger partial charge is 0.354 e. The Morgan fingerprint density at radius 2 is 2.06 bits per heavy atom. The summed E-state index contributed by atoms with van der Waals surface area (Å²) in [7, 11) is 0. The predicted molar refractivity (Wildman–Crippen MR) is 65.9 cm³/mol. The lowest BCUT2D eigenvalue weighted by molar-refractivity contribution is 0.0514. The van der Waals surface area contributed by atoms with Gasteiger partial charge in [-0.1, -0.05) is 18.2 Å². The Kier molecular flexibility index (Phi) is 3.77. The number of aromatic nitrogens is 1. The second-order valence-corrected chi connectivity index (χ2v) is 3.83. The number of benzene rings is 1. The number of nitrogens with zero attached hydrogens (tertiary/aromatic N) is 1. The van der Waals surface area contributed by atoms with E-state index in [0.29, 0.717) is 24.4 Å². The summed E-state index contributed by atoms with van der Waals surface area (Å²) in [5.74, 6) is -0.667. The maximum absolute atomic E-state index is 13.5. The summed E-state index contributed by atoms with van der Waals surface area (Å²) in [5, 5.41) is 0. The van der Waals surface area contributed by atoms with Crippen molar-refractivity contribution in [1.82, 2.24) is 4.57 Å². The third-order valence-electron chi connectivity index (χ3n) is 2.61. The highest BCUT2D eigenvalue weighted by molar-refractivity contribution is 5.87. The molecule has 0 saturated carbocycles. The van der Waals surface area contributed by atoms with Crippen LogP contribution in [0.4, 0.5) is 4.39 Å². The average molecular weight is 247 g/mol. The number of ether oxygens (including phenoxy) is 1. The summed E-state index contributed by atoms with van der Waals surface area (Å²) in [6.45, 7) is 2.39. The molecule has 0 aliphatic carbocycles. The second kappa shape index (κ2) is 5.49. The van der Waals surface area contributed by atoms with Crippen molar-refractivity contribution in [2.24, 2.45) is 0 Å². The molecule has 0 amide bonds. The van der Waals surface area contributed by atoms with Gasteiger partial charge in [-0.3, -0.25) is 0 Å². The van der Waals surface area contributed by atoms with Gasteiger partial charge in [-0.05, 0) is 25.1 Å². The second-order valence-electron chi connectivity index (χ2n) is 3.83. The first-order valence-electron chi connectivity index (χ1n) is 5.78. The highest BCUT2D eigenvalue weighted by Crippen LogP contribution is 2.12. The molecule has 4 heteroatoms. The van der Waals surface area contributed by atoms with Crippen molar-refractivity contribution in [2.45, 2.75) is 13.5 Å². The first kappa shape index (κ1) is 12.4. The largest absolute Gasteiger partial charge is 0.461 e. The normalized spacial score (nSPS) is 10.3. The van der Waals surface area contributed by atoms with E-state index in [1.54, 1.807) is 48.0 Å². The van der Waals surface area contributed by atoms with Gasteiger partial charge in [0, 0.05) is 11.8 Å². The molecule has 0 spiro atoms. The number of carbonyl (C=O) groups is 1. The molecule has 2 rings (SSSR count). The van der Waals surface area contributed by atoms with Crippen LogP contribution in [0.5, 0.6) is 0 Å². The molecule has 0 fully saturated rings. The van der Waals surface area contributed by atoms with Gasteiger partial charge < -0.3 is 9.30 Å². The summed E-state index contributed by atoms with van der Waals surface area (Å²) in [6, 6.07) is 9.92. The molecule has 0 saturated heterocycles. The Hall–Kier alpha value is -2.10. The van der Waals surface area contributed by atoms with E-state index >= 15 is 0 Å². The van der Waals surface area contributed by atoms with Gasteiger partial charge in [-0.2, -0.15) is 0 Å². The first-order chi connectivity index (χ1) is 8.72. The molecule has 18 heavy (non-hydrogen) atoms. The minimum absolute atomic E-state index is 0.277. The van der Waals surface area contributed by atoms with E-state index in [0.717, 1.165) is 0 Å². The minimum atomic E-state index is -0.390. The molecule has 1 heterocycles. The van der Waals surface area contributed by atoms with Crippen LogP contribution in [0.2, 0.25) is 0 Å². The van der Waals surface area contributed by atoms with Gasteiger partial charge in [0.15, 0.2) is 0 Å². The van der Waals surface area contributed by atoms with Crippen LogP contribution in [0, 0.1) is 5.82 Å². The van der Waals surface area contributed by atoms with Crippen molar-refractivity contribution in [1.29, 1.82) is 0 Å². The third-order valence-corrected chi connectivity index (χ3v) is 2.61. The molecule has 0 unspecified atom stereocenters. The van der Waals surface area contributed by atoms with Crippen LogP contribution in [0.3, 0.4) is 0 Å². The molecule has 0 bridgehead atoms. The average Bonchev–Trinajstić information content (AvgIpc) is 2.81. The van der Waals surface area contributed by atoms with Crippen LogP contribution in [-0.4, -0.2) is 17.1 Å². The Morgan fingerprint density at radius 3 is 2.78 bits per heavy atom. The van der Waals surface area contributed by atoms with E-state index < -0.39 is 0 Å². The first-order valence-corrected chi connectivity index (χ1v) is 5.78. The highest BCUT2D eigenvalue weighted by atomic mass is 19.1. The minimum Gasteiger partial charge on any atom is -0.461 e. The zero-order chi connectivity index (χ0) is 13.0. The SMILES string of the molecule is CCOC(=O)c1cccn1Cc1ccccc1F. The third kappa shape index (κ3) is 2.59. The van der Waals surface area contributed by atoms with Crippen LogP contribution in [-0.2, 0) is 11.3 Å². The molecule has 0 radical (unpaired) electrons. The fourth-order valence-electron chi connectivity index (χ4n) is 1.75. The molecule has 1 aromatic heterocycles. The standard InChI is InChI=1S/C14H14FNO2/c1-2-18-14(17)13-8-5-9-16(13)10-11-6-3-4-7-12(11)15/h3-9H,2,10H2,1H3. The Bertz CT molecular complexity index is 548. The van der Waals surface area contributed by atoms with Crippen molar-refractivity contribution < 1.29 is 13.9 Å². The van der Waals surface area contributed by atoms with Gasteiger partial charge in [0.25, 0.3) is 0 Å². The van der Waals surface area contributed by atoms with Gasteiger partial charge >= 0.3 is 5.97 Å². The van der Waals surface area contributed by atoms with Crippen molar-refractivity contribution in [2.75, 3.05) is 6.61 Å². The van der Waals surface area contributed by atoms with E-state index in [2.05, 4.69) is 0 Å². The fraction of sp³-hybridized carbons (Fsp3) is 0.214. The van der Waals surface area contributed by atoms with E-state index in [1.807, 2.05) is 0 Å². The highest BCUT2D eigenvalue weighted by Gasteiger charge is 2.12. The van der Waals surface area contributed by atoms with Gasteiger partial charge in [-0.25, -0.2) is 9.18 Å². The molecular formula is C14H14FNO2. The zero-order valence-electron chi connectivity index (χ0n) is 10.1. The number of halogens is 1. The Morgan fingerprint density at radius 1 is 1.28 bits per heavy atom. The van der Waals surface area contributed by atoms with E-state index in [9.17, 15) is 9.18 Å². The van der Waals surface area contributed by atoms with E-state index in [-0.39, 0.29) is 11.8 Å². The summed E-state index contributed by atoms with van der Waals surface area (Å²) in [4.78, 5) is 11.7. The van der Waals surface area contributed by atoms with E-state index in [1.165, 1.54) is 6.07 Å². The van der Waals surface area contributed by atoms with Crippen LogP contribution >= 0.6 is 0 Å². The molecule has 0 N–H and O–H groups in total. The topological polar surface area (TPSA) is 31.2 Å². The van der Waals surface area contributed by atoms with Crippen molar-refractivity contribution in [3.05, 3.63) is 59.7 Å². The van der Waals surface area contributed by atoms with Gasteiger partial charge in [-0.15, -0.1) is 0 Å². The lowest BCUT2D eigenvalue weighted by Crippen LogP contribution is -2.12. The number of carbonyl (C=O) groups excluding carboxylic acids is 1. The molecule has 94 valence electrons. The molecule has 3 nitrogen and oxygen atoms in total. The number of rotatable bonds is 4.